The Morgan fingerprint density at radius 3 is 1.17 bits per heavy atom. The van der Waals surface area contributed by atoms with E-state index < -0.39 is 113 Å². The number of carbonyl (C=O) groups excluding carboxylic acids is 2. The lowest BCUT2D eigenvalue weighted by molar-refractivity contribution is -0.870. The number of hydrogen-bond acceptors (Lipinski definition) is 7. The van der Waals surface area contributed by atoms with Gasteiger partial charge in [0, 0.05) is 25.7 Å². The van der Waals surface area contributed by atoms with Crippen LogP contribution in [0.25, 0.3) is 0 Å². The molecular formula is C38H59F18NO8P+. The van der Waals surface area contributed by atoms with E-state index in [1.165, 1.54) is 0 Å². The van der Waals surface area contributed by atoms with E-state index in [-0.39, 0.29) is 58.0 Å². The molecule has 0 aromatic heterocycles. The molecule has 0 aliphatic carbocycles. The maximum absolute atomic E-state index is 13.6. The van der Waals surface area contributed by atoms with Crippen molar-refractivity contribution in [2.75, 3.05) is 47.5 Å². The van der Waals surface area contributed by atoms with Crippen LogP contribution in [-0.2, 0) is 32.7 Å². The number of rotatable bonds is 36. The van der Waals surface area contributed by atoms with E-state index in [2.05, 4.69) is 0 Å². The van der Waals surface area contributed by atoms with Crippen LogP contribution >= 0.6 is 7.82 Å². The van der Waals surface area contributed by atoms with E-state index in [0.717, 1.165) is 0 Å². The summed E-state index contributed by atoms with van der Waals surface area (Å²) in [5, 5.41) is 0. The molecule has 0 saturated carbocycles. The van der Waals surface area contributed by atoms with Gasteiger partial charge in [0.25, 0.3) is 0 Å². The average Bonchev–Trinajstić information content (AvgIpc) is 3.15. The SMILES string of the molecule is C[N+](C)(C)CCOP(=O)(O)OCC(COC(=O)CCCCCCCCCCC(F)(F)C(F)(F)C(F)(F)C(F)(F)F)OC(=O)CCCCCCCCCCC(F)(F)C(F)(F)C(F)(F)C(F)(F)F. The molecule has 66 heavy (non-hydrogen) atoms. The van der Waals surface area contributed by atoms with Gasteiger partial charge in [-0.15, -0.1) is 0 Å². The largest absolute Gasteiger partial charge is 0.472 e. The Labute approximate surface area is 370 Å². The van der Waals surface area contributed by atoms with Gasteiger partial charge in [0.1, 0.15) is 19.8 Å². The Morgan fingerprint density at radius 1 is 0.485 bits per heavy atom. The number of esters is 2. The van der Waals surface area contributed by atoms with Crippen LogP contribution in [0, 0.1) is 0 Å². The van der Waals surface area contributed by atoms with Gasteiger partial charge in [-0.05, 0) is 25.7 Å². The molecule has 0 fully saturated rings. The van der Waals surface area contributed by atoms with Crippen LogP contribution in [0.1, 0.15) is 128 Å². The zero-order valence-corrected chi connectivity index (χ0v) is 37.4. The number of carbonyl (C=O) groups is 2. The standard InChI is InChI=1S/C38H58F18NO8P/c1-57(2,3)24-25-63-66(60,61)64-27-28(65-30(59)21-17-13-9-5-7-11-15-19-23-32(41,42)34(45,46)36(49,50)38(54,55)56)26-62-29(58)20-16-12-8-4-6-10-14-18-22-31(39,40)33(43,44)35(47,48)37(51,52)53/h28H,4-27H2,1-3H3/p+1. The molecule has 0 aliphatic heterocycles. The number of unbranched alkanes of at least 4 members (excludes halogenated alkanes) is 14. The predicted molar refractivity (Wildman–Crippen MR) is 200 cm³/mol. The third-order valence-electron chi connectivity index (χ3n) is 9.83. The summed E-state index contributed by atoms with van der Waals surface area (Å²) in [5.74, 6) is -40.0. The topological polar surface area (TPSA) is 108 Å². The van der Waals surface area contributed by atoms with Gasteiger partial charge >= 0.3 is 67.6 Å². The van der Waals surface area contributed by atoms with Crippen molar-refractivity contribution in [2.24, 2.45) is 0 Å². The van der Waals surface area contributed by atoms with Gasteiger partial charge in [0.15, 0.2) is 6.10 Å². The molecule has 0 heterocycles. The molecule has 9 nitrogen and oxygen atoms in total. The second-order valence-electron chi connectivity index (χ2n) is 16.8. The Hall–Kier alpha value is -2.25. The second kappa shape index (κ2) is 26.7. The van der Waals surface area contributed by atoms with Crippen molar-refractivity contribution in [2.45, 2.75) is 182 Å². The molecule has 2 unspecified atom stereocenters. The van der Waals surface area contributed by atoms with Crippen molar-refractivity contribution in [1.82, 2.24) is 0 Å². The van der Waals surface area contributed by atoms with E-state index in [0.29, 0.717) is 62.4 Å². The van der Waals surface area contributed by atoms with Gasteiger partial charge in [-0.25, -0.2) is 4.57 Å². The number of phosphoric ester groups is 1. The number of halogens is 18. The molecular weight excluding hydrogens is 971 g/mol. The van der Waals surface area contributed by atoms with Crippen molar-refractivity contribution in [3.05, 3.63) is 0 Å². The number of quaternary nitrogens is 1. The minimum absolute atomic E-state index is 0.149. The van der Waals surface area contributed by atoms with E-state index in [9.17, 15) is 98.1 Å². The van der Waals surface area contributed by atoms with Gasteiger partial charge in [-0.1, -0.05) is 77.0 Å². The zero-order valence-electron chi connectivity index (χ0n) is 36.6. The summed E-state index contributed by atoms with van der Waals surface area (Å²) in [7, 11) is 0.674. The van der Waals surface area contributed by atoms with Gasteiger partial charge < -0.3 is 18.9 Å². The smallest absolute Gasteiger partial charge is 0.462 e. The van der Waals surface area contributed by atoms with Crippen LogP contribution in [-0.4, -0.2) is 123 Å². The molecule has 0 radical (unpaired) electrons. The molecule has 0 bridgehead atoms. The molecule has 1 N–H and O–H groups in total. The summed E-state index contributed by atoms with van der Waals surface area (Å²) < 4.78 is 266. The summed E-state index contributed by atoms with van der Waals surface area (Å²) in [6.07, 6.45) is -16.9. The zero-order chi connectivity index (χ0) is 51.5. The first kappa shape index (κ1) is 63.8. The van der Waals surface area contributed by atoms with E-state index >= 15 is 0 Å². The maximum atomic E-state index is 13.6. The summed E-state index contributed by atoms with van der Waals surface area (Å²) in [6.45, 7) is -1.25. The van der Waals surface area contributed by atoms with Crippen LogP contribution in [0.3, 0.4) is 0 Å². The van der Waals surface area contributed by atoms with Crippen molar-refractivity contribution in [3.8, 4) is 0 Å². The molecule has 394 valence electrons. The number of likely N-dealkylation sites (N-methyl/N-ethyl adjacent to an activating group) is 1. The summed E-state index contributed by atoms with van der Waals surface area (Å²) in [4.78, 5) is 35.0. The summed E-state index contributed by atoms with van der Waals surface area (Å²) >= 11 is 0. The highest BCUT2D eigenvalue weighted by atomic mass is 31.2. The fraction of sp³-hybridized carbons (Fsp3) is 0.947. The monoisotopic (exact) mass is 1030 g/mol. The summed E-state index contributed by atoms with van der Waals surface area (Å²) in [5.41, 5.74) is 0. The highest BCUT2D eigenvalue weighted by molar-refractivity contribution is 7.47. The molecule has 2 atom stereocenters. The van der Waals surface area contributed by atoms with Crippen LogP contribution < -0.4 is 0 Å². The molecule has 0 aliphatic rings. The fourth-order valence-corrected chi connectivity index (χ4v) is 6.49. The van der Waals surface area contributed by atoms with Crippen LogP contribution in [0.4, 0.5) is 79.0 Å². The van der Waals surface area contributed by atoms with Crippen molar-refractivity contribution < 1.29 is 121 Å². The highest BCUT2D eigenvalue weighted by Crippen LogP contribution is 2.55. The lowest BCUT2D eigenvalue weighted by atomic mass is 9.97. The normalized spacial score (nSPS) is 15.4. The molecule has 28 heteroatoms. The quantitative estimate of drug-likeness (QED) is 0.0217. The van der Waals surface area contributed by atoms with Gasteiger partial charge in [0.2, 0.25) is 0 Å². The van der Waals surface area contributed by atoms with Crippen LogP contribution in [0.15, 0.2) is 0 Å². The van der Waals surface area contributed by atoms with Crippen molar-refractivity contribution >= 4 is 19.8 Å². The number of phosphoric acid groups is 1. The minimum atomic E-state index is -6.94. The van der Waals surface area contributed by atoms with E-state index in [1.54, 1.807) is 21.1 Å². The fourth-order valence-electron chi connectivity index (χ4n) is 5.75. The average molecular weight is 1030 g/mol. The molecule has 0 aromatic rings. The first-order chi connectivity index (χ1) is 29.8. The first-order valence-electron chi connectivity index (χ1n) is 21.0. The third kappa shape index (κ3) is 21.6. The Kier molecular flexibility index (Phi) is 25.7. The van der Waals surface area contributed by atoms with Gasteiger partial charge in [0.05, 0.1) is 27.7 Å². The number of hydrogen-bond donors (Lipinski definition) is 1. The Bertz CT molecular complexity index is 1480. The predicted octanol–water partition coefficient (Wildman–Crippen LogP) is 13.0. The van der Waals surface area contributed by atoms with E-state index in [4.69, 9.17) is 18.5 Å². The van der Waals surface area contributed by atoms with Gasteiger partial charge in [-0.3, -0.25) is 18.6 Å². The Balaban J connectivity index is 4.75. The second-order valence-corrected chi connectivity index (χ2v) is 18.2. The molecule has 0 saturated heterocycles. The van der Waals surface area contributed by atoms with E-state index in [1.807, 2.05) is 0 Å². The maximum Gasteiger partial charge on any atom is 0.472 e. The van der Waals surface area contributed by atoms with Crippen molar-refractivity contribution in [3.63, 3.8) is 0 Å². The lowest BCUT2D eigenvalue weighted by Crippen LogP contribution is -2.60. The van der Waals surface area contributed by atoms with Crippen molar-refractivity contribution in [1.29, 1.82) is 0 Å². The lowest BCUT2D eigenvalue weighted by Gasteiger charge is -2.33. The summed E-state index contributed by atoms with van der Waals surface area (Å²) in [6, 6.07) is 0. The molecule has 0 rings (SSSR count). The number of ether oxygens (including phenoxy) is 2. The third-order valence-corrected chi connectivity index (χ3v) is 10.8. The molecule has 0 amide bonds. The number of nitrogens with zero attached hydrogens (tertiary/aromatic N) is 1. The number of alkyl halides is 18. The van der Waals surface area contributed by atoms with Crippen LogP contribution in [0.5, 0.6) is 0 Å². The highest BCUT2D eigenvalue weighted by Gasteiger charge is 2.82. The minimum Gasteiger partial charge on any atom is -0.462 e. The molecule has 0 aromatic carbocycles. The molecule has 0 spiro atoms. The first-order valence-corrected chi connectivity index (χ1v) is 22.5. The van der Waals surface area contributed by atoms with Crippen LogP contribution in [0.2, 0.25) is 0 Å². The Morgan fingerprint density at radius 2 is 0.818 bits per heavy atom. The van der Waals surface area contributed by atoms with Gasteiger partial charge in [-0.2, -0.15) is 79.0 Å².